The molecule has 0 saturated carbocycles. The Balaban J connectivity index is 2.48. The topological polar surface area (TPSA) is 35.0 Å². The molecule has 1 aromatic carbocycles. The van der Waals surface area contributed by atoms with Gasteiger partial charge in [0.05, 0.1) is 17.8 Å². The maximum Gasteiger partial charge on any atom is 0.138 e. The third kappa shape index (κ3) is 2.14. The van der Waals surface area contributed by atoms with Crippen LogP contribution in [-0.2, 0) is 0 Å². The van der Waals surface area contributed by atoms with Gasteiger partial charge in [-0.1, -0.05) is 17.7 Å². The standard InChI is InChI=1S/C12H11ClN2O/c1-8-5-11(15-7-14-8)9-3-4-10(13)12(6-9)16-2/h3-7H,1-2H3. The lowest BCUT2D eigenvalue weighted by molar-refractivity contribution is 0.415. The zero-order valence-corrected chi connectivity index (χ0v) is 9.82. The maximum atomic E-state index is 5.96. The minimum absolute atomic E-state index is 0.594. The Kier molecular flexibility index (Phi) is 3.06. The van der Waals surface area contributed by atoms with Gasteiger partial charge in [0.25, 0.3) is 0 Å². The monoisotopic (exact) mass is 234 g/mol. The van der Waals surface area contributed by atoms with E-state index in [1.165, 1.54) is 0 Å². The highest BCUT2D eigenvalue weighted by atomic mass is 35.5. The number of nitrogens with zero attached hydrogens (tertiary/aromatic N) is 2. The van der Waals surface area contributed by atoms with E-state index in [4.69, 9.17) is 16.3 Å². The van der Waals surface area contributed by atoms with Crippen molar-refractivity contribution in [1.29, 1.82) is 0 Å². The van der Waals surface area contributed by atoms with Crippen LogP contribution >= 0.6 is 11.6 Å². The van der Waals surface area contributed by atoms with E-state index >= 15 is 0 Å². The first-order chi connectivity index (χ1) is 7.70. The summed E-state index contributed by atoms with van der Waals surface area (Å²) in [5, 5.41) is 0.594. The lowest BCUT2D eigenvalue weighted by Crippen LogP contribution is -1.89. The van der Waals surface area contributed by atoms with Crippen LogP contribution in [0.25, 0.3) is 11.3 Å². The van der Waals surface area contributed by atoms with Crippen molar-refractivity contribution in [2.24, 2.45) is 0 Å². The number of rotatable bonds is 2. The van der Waals surface area contributed by atoms with Gasteiger partial charge in [0.1, 0.15) is 12.1 Å². The maximum absolute atomic E-state index is 5.96. The van der Waals surface area contributed by atoms with Crippen molar-refractivity contribution in [3.05, 3.63) is 41.3 Å². The summed E-state index contributed by atoms with van der Waals surface area (Å²) in [6.07, 6.45) is 1.55. The summed E-state index contributed by atoms with van der Waals surface area (Å²) in [6.45, 7) is 1.93. The Morgan fingerprint density at radius 3 is 2.69 bits per heavy atom. The van der Waals surface area contributed by atoms with E-state index in [0.717, 1.165) is 17.0 Å². The quantitative estimate of drug-likeness (QED) is 0.801. The molecule has 1 aromatic heterocycles. The van der Waals surface area contributed by atoms with Crippen molar-refractivity contribution in [3.63, 3.8) is 0 Å². The molecule has 0 N–H and O–H groups in total. The molecule has 0 saturated heterocycles. The van der Waals surface area contributed by atoms with Crippen LogP contribution in [0.3, 0.4) is 0 Å². The molecule has 0 spiro atoms. The van der Waals surface area contributed by atoms with Crippen LogP contribution in [0.2, 0.25) is 5.02 Å². The zero-order chi connectivity index (χ0) is 11.5. The van der Waals surface area contributed by atoms with Gasteiger partial charge in [0.15, 0.2) is 0 Å². The predicted molar refractivity (Wildman–Crippen MR) is 63.8 cm³/mol. The van der Waals surface area contributed by atoms with Gasteiger partial charge in [-0.05, 0) is 25.1 Å². The number of aryl methyl sites for hydroxylation is 1. The van der Waals surface area contributed by atoms with Crippen molar-refractivity contribution in [3.8, 4) is 17.0 Å². The molecular weight excluding hydrogens is 224 g/mol. The van der Waals surface area contributed by atoms with Gasteiger partial charge < -0.3 is 4.74 Å². The molecular formula is C12H11ClN2O. The summed E-state index contributed by atoms with van der Waals surface area (Å²) >= 11 is 5.96. The van der Waals surface area contributed by atoms with E-state index in [1.807, 2.05) is 25.1 Å². The Morgan fingerprint density at radius 1 is 1.19 bits per heavy atom. The summed E-state index contributed by atoms with van der Waals surface area (Å²) in [4.78, 5) is 8.26. The van der Waals surface area contributed by atoms with E-state index in [9.17, 15) is 0 Å². The first-order valence-corrected chi connectivity index (χ1v) is 5.21. The number of methoxy groups -OCH3 is 1. The Bertz CT molecular complexity index is 514. The fourth-order valence-corrected chi connectivity index (χ4v) is 1.63. The lowest BCUT2D eigenvalue weighted by atomic mass is 10.1. The third-order valence-electron chi connectivity index (χ3n) is 2.25. The highest BCUT2D eigenvalue weighted by Gasteiger charge is 2.05. The molecule has 4 heteroatoms. The van der Waals surface area contributed by atoms with Crippen LogP contribution in [0.4, 0.5) is 0 Å². The number of hydrogen-bond donors (Lipinski definition) is 0. The summed E-state index contributed by atoms with van der Waals surface area (Å²) in [5.74, 6) is 0.649. The minimum atomic E-state index is 0.594. The first kappa shape index (κ1) is 10.9. The lowest BCUT2D eigenvalue weighted by Gasteiger charge is -2.06. The largest absolute Gasteiger partial charge is 0.495 e. The summed E-state index contributed by atoms with van der Waals surface area (Å²) in [6, 6.07) is 7.49. The second kappa shape index (κ2) is 4.49. The van der Waals surface area contributed by atoms with E-state index in [-0.39, 0.29) is 0 Å². The number of halogens is 1. The second-order valence-electron chi connectivity index (χ2n) is 3.39. The van der Waals surface area contributed by atoms with Gasteiger partial charge >= 0.3 is 0 Å². The van der Waals surface area contributed by atoms with Crippen LogP contribution < -0.4 is 4.74 Å². The van der Waals surface area contributed by atoms with Crippen molar-refractivity contribution in [2.75, 3.05) is 7.11 Å². The van der Waals surface area contributed by atoms with E-state index < -0.39 is 0 Å². The van der Waals surface area contributed by atoms with Crippen molar-refractivity contribution >= 4 is 11.6 Å². The second-order valence-corrected chi connectivity index (χ2v) is 3.80. The highest BCUT2D eigenvalue weighted by Crippen LogP contribution is 2.29. The van der Waals surface area contributed by atoms with Crippen LogP contribution in [0.1, 0.15) is 5.69 Å². The molecule has 0 bridgehead atoms. The number of aromatic nitrogens is 2. The summed E-state index contributed by atoms with van der Waals surface area (Å²) in [7, 11) is 1.59. The molecule has 82 valence electrons. The molecule has 0 unspecified atom stereocenters. The Morgan fingerprint density at radius 2 is 2.00 bits per heavy atom. The van der Waals surface area contributed by atoms with Crippen molar-refractivity contribution in [1.82, 2.24) is 9.97 Å². The molecule has 3 nitrogen and oxygen atoms in total. The average molecular weight is 235 g/mol. The van der Waals surface area contributed by atoms with Gasteiger partial charge in [-0.2, -0.15) is 0 Å². The zero-order valence-electron chi connectivity index (χ0n) is 9.07. The number of ether oxygens (including phenoxy) is 1. The Labute approximate surface area is 99.1 Å². The molecule has 0 aliphatic heterocycles. The van der Waals surface area contributed by atoms with Crippen LogP contribution in [0, 0.1) is 6.92 Å². The molecule has 0 aliphatic rings. The smallest absolute Gasteiger partial charge is 0.138 e. The number of hydrogen-bond acceptors (Lipinski definition) is 3. The van der Waals surface area contributed by atoms with Crippen molar-refractivity contribution < 1.29 is 4.74 Å². The van der Waals surface area contributed by atoms with Gasteiger partial charge in [-0.25, -0.2) is 9.97 Å². The SMILES string of the molecule is COc1cc(-c2cc(C)ncn2)ccc1Cl. The predicted octanol–water partition coefficient (Wildman–Crippen LogP) is 3.11. The molecule has 0 aliphatic carbocycles. The van der Waals surface area contributed by atoms with Gasteiger partial charge in [0, 0.05) is 11.3 Å². The number of benzene rings is 1. The first-order valence-electron chi connectivity index (χ1n) is 4.83. The van der Waals surface area contributed by atoms with Gasteiger partial charge in [-0.3, -0.25) is 0 Å². The molecule has 2 aromatic rings. The molecule has 0 atom stereocenters. The van der Waals surface area contributed by atoms with Gasteiger partial charge in [0.2, 0.25) is 0 Å². The molecule has 0 fully saturated rings. The minimum Gasteiger partial charge on any atom is -0.495 e. The molecule has 16 heavy (non-hydrogen) atoms. The van der Waals surface area contributed by atoms with Crippen LogP contribution in [-0.4, -0.2) is 17.1 Å². The van der Waals surface area contributed by atoms with E-state index in [2.05, 4.69) is 9.97 Å². The molecule has 1 heterocycles. The van der Waals surface area contributed by atoms with Gasteiger partial charge in [-0.15, -0.1) is 0 Å². The highest BCUT2D eigenvalue weighted by molar-refractivity contribution is 6.32. The molecule has 2 rings (SSSR count). The normalized spacial score (nSPS) is 10.2. The van der Waals surface area contributed by atoms with E-state index in [1.54, 1.807) is 19.5 Å². The molecule has 0 radical (unpaired) electrons. The fourth-order valence-electron chi connectivity index (χ4n) is 1.43. The van der Waals surface area contributed by atoms with Crippen LogP contribution in [0.15, 0.2) is 30.6 Å². The van der Waals surface area contributed by atoms with E-state index in [0.29, 0.717) is 10.8 Å². The van der Waals surface area contributed by atoms with Crippen LogP contribution in [0.5, 0.6) is 5.75 Å². The third-order valence-corrected chi connectivity index (χ3v) is 2.56. The average Bonchev–Trinajstić information content (AvgIpc) is 2.29. The Hall–Kier alpha value is -1.61. The summed E-state index contributed by atoms with van der Waals surface area (Å²) in [5.41, 5.74) is 2.76. The molecule has 0 amide bonds. The fraction of sp³-hybridized carbons (Fsp3) is 0.167. The summed E-state index contributed by atoms with van der Waals surface area (Å²) < 4.78 is 5.16. The van der Waals surface area contributed by atoms with Crippen molar-refractivity contribution in [2.45, 2.75) is 6.92 Å².